The zero-order valence-corrected chi connectivity index (χ0v) is 26.9. The van der Waals surface area contributed by atoms with Crippen LogP contribution >= 0.6 is 0 Å². The number of benzene rings is 4. The SMILES string of the molecule is CC(C)(C)Cc1ccnc(-c2[c-]cc3c(c2)-c2ccccc2-c2ccccc2O3)c1.[Ir].[c-]1ccccc1-c1ccccn1. The number of fused-ring (bicyclic) bond motifs is 5. The Morgan fingerprint density at radius 2 is 1.30 bits per heavy atom. The fraction of sp³-hybridized carbons (Fsp3) is 0.128. The van der Waals surface area contributed by atoms with Gasteiger partial charge in [-0.1, -0.05) is 92.6 Å². The van der Waals surface area contributed by atoms with Crippen LogP contribution in [0.3, 0.4) is 0 Å². The fourth-order valence-corrected chi connectivity index (χ4v) is 5.19. The first-order chi connectivity index (χ1) is 20.4. The van der Waals surface area contributed by atoms with Crippen molar-refractivity contribution >= 4 is 0 Å². The van der Waals surface area contributed by atoms with Gasteiger partial charge in [-0.2, -0.15) is 0 Å². The Morgan fingerprint density at radius 1 is 0.605 bits per heavy atom. The third-order valence-corrected chi connectivity index (χ3v) is 7.01. The molecule has 1 aliphatic heterocycles. The summed E-state index contributed by atoms with van der Waals surface area (Å²) in [4.78, 5) is 8.85. The van der Waals surface area contributed by atoms with E-state index in [1.54, 1.807) is 6.20 Å². The molecule has 0 atom stereocenters. The molecule has 0 spiro atoms. The molecule has 1 radical (unpaired) electrons. The summed E-state index contributed by atoms with van der Waals surface area (Å²) in [5.41, 5.74) is 9.98. The molecule has 215 valence electrons. The number of pyridine rings is 2. The Balaban J connectivity index is 0.000000238. The van der Waals surface area contributed by atoms with Crippen LogP contribution in [0.5, 0.6) is 11.5 Å². The van der Waals surface area contributed by atoms with Crippen LogP contribution in [0.4, 0.5) is 0 Å². The molecule has 7 rings (SSSR count). The largest absolute Gasteiger partial charge is 0.500 e. The van der Waals surface area contributed by atoms with Gasteiger partial charge in [-0.05, 0) is 52.5 Å². The molecule has 2 aromatic heterocycles. The van der Waals surface area contributed by atoms with Crippen molar-refractivity contribution in [2.45, 2.75) is 27.2 Å². The Hall–Kier alpha value is -4.37. The van der Waals surface area contributed by atoms with E-state index in [2.05, 4.69) is 97.5 Å². The van der Waals surface area contributed by atoms with Crippen LogP contribution in [0.1, 0.15) is 26.3 Å². The van der Waals surface area contributed by atoms with Crippen molar-refractivity contribution in [2.75, 3.05) is 0 Å². The van der Waals surface area contributed by atoms with E-state index >= 15 is 0 Å². The fourth-order valence-electron chi connectivity index (χ4n) is 5.19. The third kappa shape index (κ3) is 7.17. The Kier molecular flexibility index (Phi) is 9.30. The number of nitrogens with zero attached hydrogens (tertiary/aromatic N) is 2. The number of ether oxygens (including phenoxy) is 1. The minimum absolute atomic E-state index is 0. The van der Waals surface area contributed by atoms with Crippen LogP contribution < -0.4 is 4.74 Å². The maximum absolute atomic E-state index is 6.31. The van der Waals surface area contributed by atoms with E-state index in [0.29, 0.717) is 0 Å². The standard InChI is InChI=1S/C28H24NO.C11H8N.Ir/c1-28(2,3)18-19-14-15-29-25(16-19)20-12-13-27-24(17-20)22-9-5-4-8-21(22)23-10-6-7-11-26(23)30-27;1-2-6-10(7-3-1)11-8-4-5-9-12-11;/h4-11,13-17H,18H2,1-3H3;1-6,8-9H;/q2*-1;. The summed E-state index contributed by atoms with van der Waals surface area (Å²) in [7, 11) is 0. The van der Waals surface area contributed by atoms with Crippen molar-refractivity contribution in [3.63, 3.8) is 0 Å². The van der Waals surface area contributed by atoms with Gasteiger partial charge in [0.2, 0.25) is 0 Å². The van der Waals surface area contributed by atoms with Crippen molar-refractivity contribution in [1.29, 1.82) is 0 Å². The first-order valence-corrected chi connectivity index (χ1v) is 14.2. The van der Waals surface area contributed by atoms with E-state index in [0.717, 1.165) is 51.6 Å². The summed E-state index contributed by atoms with van der Waals surface area (Å²) in [6.45, 7) is 6.77. The van der Waals surface area contributed by atoms with Gasteiger partial charge in [0.05, 0.1) is 5.75 Å². The summed E-state index contributed by atoms with van der Waals surface area (Å²) < 4.78 is 6.31. The normalized spacial score (nSPS) is 11.2. The molecule has 3 heterocycles. The maximum Gasteiger partial charge on any atom is 0.122 e. The summed E-state index contributed by atoms with van der Waals surface area (Å²) in [6.07, 6.45) is 4.70. The second-order valence-electron chi connectivity index (χ2n) is 11.5. The van der Waals surface area contributed by atoms with Crippen LogP contribution in [-0.2, 0) is 26.5 Å². The molecule has 0 amide bonds. The molecule has 0 N–H and O–H groups in total. The predicted octanol–water partition coefficient (Wildman–Crippen LogP) is 10.1. The van der Waals surface area contributed by atoms with Crippen LogP contribution in [0, 0.1) is 17.5 Å². The summed E-state index contributed by atoms with van der Waals surface area (Å²) in [6, 6.07) is 45.3. The molecule has 0 aliphatic carbocycles. The van der Waals surface area contributed by atoms with Gasteiger partial charge in [-0.15, -0.1) is 59.7 Å². The second-order valence-corrected chi connectivity index (χ2v) is 11.5. The van der Waals surface area contributed by atoms with E-state index < -0.39 is 0 Å². The average Bonchev–Trinajstić information content (AvgIpc) is 3.16. The molecular weight excluding hydrogens is 705 g/mol. The van der Waals surface area contributed by atoms with Gasteiger partial charge >= 0.3 is 0 Å². The topological polar surface area (TPSA) is 35.0 Å². The van der Waals surface area contributed by atoms with E-state index in [1.807, 2.05) is 66.9 Å². The third-order valence-electron chi connectivity index (χ3n) is 7.01. The zero-order valence-electron chi connectivity index (χ0n) is 24.5. The second kappa shape index (κ2) is 13.3. The average molecular weight is 737 g/mol. The number of rotatable bonds is 3. The monoisotopic (exact) mass is 737 g/mol. The van der Waals surface area contributed by atoms with Gasteiger partial charge in [0.15, 0.2) is 0 Å². The predicted molar refractivity (Wildman–Crippen MR) is 171 cm³/mol. The molecule has 0 fully saturated rings. The Bertz CT molecular complexity index is 1770. The van der Waals surface area contributed by atoms with Gasteiger partial charge in [0.1, 0.15) is 5.75 Å². The molecule has 0 saturated carbocycles. The van der Waals surface area contributed by atoms with Crippen molar-refractivity contribution in [3.05, 3.63) is 145 Å². The molecule has 4 heteroatoms. The summed E-state index contributed by atoms with van der Waals surface area (Å²) in [5, 5.41) is 0. The first-order valence-electron chi connectivity index (χ1n) is 14.2. The van der Waals surface area contributed by atoms with Crippen LogP contribution in [0.25, 0.3) is 44.8 Å². The minimum Gasteiger partial charge on any atom is -0.500 e. The first kappa shape index (κ1) is 30.1. The summed E-state index contributed by atoms with van der Waals surface area (Å²) in [5.74, 6) is 1.69. The van der Waals surface area contributed by atoms with E-state index in [9.17, 15) is 0 Å². The molecule has 43 heavy (non-hydrogen) atoms. The quantitative estimate of drug-likeness (QED) is 0.170. The van der Waals surface area contributed by atoms with Crippen LogP contribution in [0.15, 0.2) is 128 Å². The summed E-state index contributed by atoms with van der Waals surface area (Å²) >= 11 is 0. The molecule has 3 nitrogen and oxygen atoms in total. The van der Waals surface area contributed by atoms with Gasteiger partial charge in [0.25, 0.3) is 0 Å². The van der Waals surface area contributed by atoms with Crippen molar-refractivity contribution < 1.29 is 24.8 Å². The zero-order chi connectivity index (χ0) is 28.9. The van der Waals surface area contributed by atoms with E-state index in [1.165, 1.54) is 16.7 Å². The number of para-hydroxylation sites is 1. The molecule has 4 aromatic carbocycles. The smallest absolute Gasteiger partial charge is 0.122 e. The Morgan fingerprint density at radius 3 is 2.02 bits per heavy atom. The molecule has 0 unspecified atom stereocenters. The van der Waals surface area contributed by atoms with Crippen LogP contribution in [-0.4, -0.2) is 9.97 Å². The van der Waals surface area contributed by atoms with Gasteiger partial charge in [-0.3, -0.25) is 0 Å². The van der Waals surface area contributed by atoms with Gasteiger partial charge in [-0.25, -0.2) is 0 Å². The van der Waals surface area contributed by atoms with E-state index in [-0.39, 0.29) is 25.5 Å². The van der Waals surface area contributed by atoms with E-state index in [4.69, 9.17) is 4.74 Å². The number of aromatic nitrogens is 2. The van der Waals surface area contributed by atoms with Crippen molar-refractivity contribution in [1.82, 2.24) is 9.97 Å². The molecule has 1 aliphatic rings. The minimum atomic E-state index is 0. The van der Waals surface area contributed by atoms with Gasteiger partial charge in [0, 0.05) is 38.1 Å². The molecular formula is C39H32IrN2O-2. The van der Waals surface area contributed by atoms with Crippen molar-refractivity contribution in [2.24, 2.45) is 5.41 Å². The molecule has 6 aromatic rings. The van der Waals surface area contributed by atoms with Gasteiger partial charge < -0.3 is 14.7 Å². The Labute approximate surface area is 268 Å². The molecule has 0 bridgehead atoms. The maximum atomic E-state index is 6.31. The van der Waals surface area contributed by atoms with Crippen molar-refractivity contribution in [3.8, 4) is 56.3 Å². The van der Waals surface area contributed by atoms with Crippen LogP contribution in [0.2, 0.25) is 0 Å². The number of hydrogen-bond donors (Lipinski definition) is 0. The number of hydrogen-bond acceptors (Lipinski definition) is 3. The molecule has 0 saturated heterocycles.